The molecule has 1 N–H and O–H groups in total. The number of rotatable bonds is 6. The number of ether oxygens (including phenoxy) is 1. The maximum Gasteiger partial charge on any atom is 0.311 e. The average molecular weight is 360 g/mol. The number of methoxy groups -OCH3 is 1. The average Bonchev–Trinajstić information content (AvgIpc) is 2.43. The van der Waals surface area contributed by atoms with Gasteiger partial charge in [-0.1, -0.05) is 34.1 Å². The molecule has 2 atom stereocenters. The van der Waals surface area contributed by atoms with Gasteiger partial charge in [0.05, 0.1) is 19.1 Å². The summed E-state index contributed by atoms with van der Waals surface area (Å²) < 4.78 is 5.31. The molecule has 0 saturated heterocycles. The first-order chi connectivity index (χ1) is 9.70. The molecule has 1 aromatic carbocycles. The van der Waals surface area contributed by atoms with Crippen LogP contribution in [0.2, 0.25) is 0 Å². The fourth-order valence-electron chi connectivity index (χ4n) is 2.02. The molecule has 7 heteroatoms. The Morgan fingerprint density at radius 3 is 2.52 bits per heavy atom. The molecule has 0 fully saturated rings. The summed E-state index contributed by atoms with van der Waals surface area (Å²) in [6.45, 7) is 2.82. The Morgan fingerprint density at radius 2 is 2.05 bits per heavy atom. The van der Waals surface area contributed by atoms with Gasteiger partial charge in [-0.05, 0) is 11.6 Å². The molecule has 0 heterocycles. The molecule has 0 amide bonds. The first-order valence-electron chi connectivity index (χ1n) is 6.35. The normalized spacial score (nSPS) is 14.3. The smallest absolute Gasteiger partial charge is 0.311 e. The predicted octanol–water partition coefficient (Wildman–Crippen LogP) is 2.72. The highest BCUT2D eigenvalue weighted by Gasteiger charge is 2.41. The number of esters is 1. The molecule has 0 radical (unpaired) electrons. The second-order valence-corrected chi connectivity index (χ2v) is 6.22. The van der Waals surface area contributed by atoms with Crippen LogP contribution in [-0.2, 0) is 9.53 Å². The Balaban J connectivity index is 3.12. The largest absolute Gasteiger partial charge is 0.469 e. The standard InChI is InChI=1S/C14H18BrNO5/c1-14(2,16(19)20)8-10(13(18)21-3)12(17)9-6-4-5-7-11(9)15/h4-7,10,12,17H,8H2,1-3H3. The minimum atomic E-state index is -1.35. The van der Waals surface area contributed by atoms with Crippen LogP contribution in [0.25, 0.3) is 0 Å². The monoisotopic (exact) mass is 359 g/mol. The molecule has 6 nitrogen and oxygen atoms in total. The van der Waals surface area contributed by atoms with Gasteiger partial charge in [0.2, 0.25) is 5.54 Å². The molecule has 0 aliphatic carbocycles. The molecule has 0 aromatic heterocycles. The van der Waals surface area contributed by atoms with Gasteiger partial charge >= 0.3 is 5.97 Å². The van der Waals surface area contributed by atoms with E-state index >= 15 is 0 Å². The van der Waals surface area contributed by atoms with Crippen LogP contribution in [0.1, 0.15) is 31.9 Å². The van der Waals surface area contributed by atoms with Crippen LogP contribution >= 0.6 is 15.9 Å². The van der Waals surface area contributed by atoms with Gasteiger partial charge in [0.25, 0.3) is 0 Å². The zero-order chi connectivity index (χ0) is 16.2. The van der Waals surface area contributed by atoms with E-state index in [-0.39, 0.29) is 6.42 Å². The lowest BCUT2D eigenvalue weighted by Crippen LogP contribution is -2.38. The summed E-state index contributed by atoms with van der Waals surface area (Å²) in [6.07, 6.45) is -1.32. The van der Waals surface area contributed by atoms with E-state index < -0.39 is 28.5 Å². The van der Waals surface area contributed by atoms with Gasteiger partial charge in [0.15, 0.2) is 0 Å². The summed E-state index contributed by atoms with van der Waals surface area (Å²) in [6, 6.07) is 6.88. The van der Waals surface area contributed by atoms with Crippen molar-refractivity contribution < 1.29 is 19.6 Å². The van der Waals surface area contributed by atoms with Crippen molar-refractivity contribution in [2.24, 2.45) is 5.92 Å². The third-order valence-corrected chi connectivity index (χ3v) is 4.04. The summed E-state index contributed by atoms with van der Waals surface area (Å²) in [5, 5.41) is 21.5. The van der Waals surface area contributed by atoms with E-state index in [0.717, 1.165) is 0 Å². The maximum atomic E-state index is 11.9. The number of carbonyl (C=O) groups is 1. The number of nitrogens with zero attached hydrogens (tertiary/aromatic N) is 1. The molecule has 0 spiro atoms. The Bertz CT molecular complexity index is 532. The molecule has 1 rings (SSSR count). The lowest BCUT2D eigenvalue weighted by Gasteiger charge is -2.26. The van der Waals surface area contributed by atoms with E-state index in [2.05, 4.69) is 20.7 Å². The van der Waals surface area contributed by atoms with Crippen molar-refractivity contribution in [3.8, 4) is 0 Å². The van der Waals surface area contributed by atoms with Gasteiger partial charge in [-0.25, -0.2) is 0 Å². The summed E-state index contributed by atoms with van der Waals surface area (Å²) in [4.78, 5) is 22.5. The van der Waals surface area contributed by atoms with Crippen LogP contribution in [0.4, 0.5) is 0 Å². The van der Waals surface area contributed by atoms with E-state index in [1.165, 1.54) is 21.0 Å². The Hall–Kier alpha value is -1.47. The second kappa shape index (κ2) is 7.00. The van der Waals surface area contributed by atoms with Gasteiger partial charge in [-0.15, -0.1) is 0 Å². The minimum absolute atomic E-state index is 0.130. The third-order valence-electron chi connectivity index (χ3n) is 3.32. The lowest BCUT2D eigenvalue weighted by atomic mass is 9.85. The zero-order valence-corrected chi connectivity index (χ0v) is 13.7. The lowest BCUT2D eigenvalue weighted by molar-refractivity contribution is -0.563. The third kappa shape index (κ3) is 4.25. The van der Waals surface area contributed by atoms with Crippen LogP contribution in [0.5, 0.6) is 0 Å². The van der Waals surface area contributed by atoms with Crippen molar-refractivity contribution in [3.05, 3.63) is 44.4 Å². The van der Waals surface area contributed by atoms with Gasteiger partial charge in [-0.3, -0.25) is 14.9 Å². The van der Waals surface area contributed by atoms with Crippen LogP contribution in [-0.4, -0.2) is 28.6 Å². The highest BCUT2D eigenvalue weighted by atomic mass is 79.9. The van der Waals surface area contributed by atoms with Crippen molar-refractivity contribution in [2.75, 3.05) is 7.11 Å². The summed E-state index contributed by atoms with van der Waals surface area (Å²) in [5.41, 5.74) is -0.854. The number of aliphatic hydroxyl groups excluding tert-OH is 1. The Morgan fingerprint density at radius 1 is 1.48 bits per heavy atom. The quantitative estimate of drug-likeness (QED) is 0.479. The van der Waals surface area contributed by atoms with Crippen molar-refractivity contribution in [3.63, 3.8) is 0 Å². The number of benzene rings is 1. The number of carbonyl (C=O) groups excluding carboxylic acids is 1. The molecule has 116 valence electrons. The Labute approximate surface area is 131 Å². The number of nitro groups is 1. The van der Waals surface area contributed by atoms with Gasteiger partial charge < -0.3 is 9.84 Å². The van der Waals surface area contributed by atoms with E-state index in [1.807, 2.05) is 0 Å². The molecule has 0 saturated carbocycles. The van der Waals surface area contributed by atoms with Crippen molar-refractivity contribution in [1.29, 1.82) is 0 Å². The van der Waals surface area contributed by atoms with E-state index in [4.69, 9.17) is 0 Å². The fourth-order valence-corrected chi connectivity index (χ4v) is 2.54. The number of hydrogen-bond acceptors (Lipinski definition) is 5. The van der Waals surface area contributed by atoms with Crippen LogP contribution in [0.15, 0.2) is 28.7 Å². The molecule has 0 aliphatic rings. The molecular formula is C14H18BrNO5. The minimum Gasteiger partial charge on any atom is -0.469 e. The first kappa shape index (κ1) is 17.6. The highest BCUT2D eigenvalue weighted by molar-refractivity contribution is 9.10. The Kier molecular flexibility index (Phi) is 5.86. The first-order valence-corrected chi connectivity index (χ1v) is 7.15. The van der Waals surface area contributed by atoms with Crippen molar-refractivity contribution >= 4 is 21.9 Å². The molecule has 0 aliphatic heterocycles. The molecule has 1 aromatic rings. The topological polar surface area (TPSA) is 89.7 Å². The van der Waals surface area contributed by atoms with Crippen molar-refractivity contribution in [2.45, 2.75) is 31.9 Å². The number of halogens is 1. The summed E-state index contributed by atoms with van der Waals surface area (Å²) in [7, 11) is 1.20. The molecular weight excluding hydrogens is 342 g/mol. The van der Waals surface area contributed by atoms with Crippen LogP contribution in [0.3, 0.4) is 0 Å². The van der Waals surface area contributed by atoms with E-state index in [0.29, 0.717) is 10.0 Å². The van der Waals surface area contributed by atoms with Crippen LogP contribution < -0.4 is 0 Å². The fraction of sp³-hybridized carbons (Fsp3) is 0.500. The summed E-state index contributed by atoms with van der Waals surface area (Å²) in [5.74, 6) is -1.69. The van der Waals surface area contributed by atoms with Gasteiger partial charge in [-0.2, -0.15) is 0 Å². The van der Waals surface area contributed by atoms with Gasteiger partial charge in [0.1, 0.15) is 0 Å². The van der Waals surface area contributed by atoms with E-state index in [1.54, 1.807) is 24.3 Å². The number of aliphatic hydroxyl groups is 1. The molecule has 2 unspecified atom stereocenters. The number of hydrogen-bond donors (Lipinski definition) is 1. The summed E-state index contributed by atoms with van der Waals surface area (Å²) >= 11 is 3.30. The predicted molar refractivity (Wildman–Crippen MR) is 80.3 cm³/mol. The van der Waals surface area contributed by atoms with Crippen molar-refractivity contribution in [1.82, 2.24) is 0 Å². The highest BCUT2D eigenvalue weighted by Crippen LogP contribution is 2.34. The van der Waals surface area contributed by atoms with E-state index in [9.17, 15) is 20.0 Å². The van der Waals surface area contributed by atoms with Gasteiger partial charge in [0, 0.05) is 29.7 Å². The second-order valence-electron chi connectivity index (χ2n) is 5.37. The zero-order valence-electron chi connectivity index (χ0n) is 12.1. The molecule has 21 heavy (non-hydrogen) atoms. The SMILES string of the molecule is COC(=O)C(CC(C)(C)[N+](=O)[O-])C(O)c1ccccc1Br. The maximum absolute atomic E-state index is 11.9. The molecule has 0 bridgehead atoms. The van der Waals surface area contributed by atoms with Crippen LogP contribution in [0, 0.1) is 16.0 Å².